The van der Waals surface area contributed by atoms with Gasteiger partial charge in [-0.15, -0.1) is 0 Å². The second-order valence-electron chi connectivity index (χ2n) is 4.83. The van der Waals surface area contributed by atoms with E-state index in [4.69, 9.17) is 0 Å². The van der Waals surface area contributed by atoms with Crippen LogP contribution in [0.2, 0.25) is 0 Å². The van der Waals surface area contributed by atoms with E-state index in [2.05, 4.69) is 82.3 Å². The fourth-order valence-corrected chi connectivity index (χ4v) is 2.65. The monoisotopic (exact) mass is 320 g/mol. The molecule has 2 rings (SSSR count). The summed E-state index contributed by atoms with van der Waals surface area (Å²) in [6.07, 6.45) is 3.31. The maximum atomic E-state index is 3.62. The Morgan fingerprint density at radius 2 is 2.00 bits per heavy atom. The summed E-state index contributed by atoms with van der Waals surface area (Å²) in [4.78, 5) is 0. The molecule has 0 aliphatic heterocycles. The number of nitrogens with zero attached hydrogens (tertiary/aromatic N) is 1. The molecule has 0 saturated carbocycles. The van der Waals surface area contributed by atoms with Crippen LogP contribution in [0.25, 0.3) is 0 Å². The van der Waals surface area contributed by atoms with E-state index in [0.29, 0.717) is 6.04 Å². The van der Waals surface area contributed by atoms with E-state index in [0.717, 1.165) is 19.5 Å². The Kier molecular flexibility index (Phi) is 5.23. The van der Waals surface area contributed by atoms with Gasteiger partial charge in [-0.3, -0.25) is 0 Å². The van der Waals surface area contributed by atoms with Gasteiger partial charge < -0.3 is 9.88 Å². The van der Waals surface area contributed by atoms with Crippen LogP contribution in [-0.4, -0.2) is 11.1 Å². The van der Waals surface area contributed by atoms with Gasteiger partial charge in [0.15, 0.2) is 0 Å². The molecule has 1 unspecified atom stereocenters. The minimum Gasteiger partial charge on any atom is -0.346 e. The molecule has 102 valence electrons. The Labute approximate surface area is 124 Å². The van der Waals surface area contributed by atoms with Crippen molar-refractivity contribution in [1.29, 1.82) is 0 Å². The minimum atomic E-state index is 0.387. The molecule has 0 bridgehead atoms. The third kappa shape index (κ3) is 3.71. The summed E-state index contributed by atoms with van der Waals surface area (Å²) in [6, 6.07) is 13.1. The molecule has 0 aliphatic rings. The Bertz CT molecular complexity index is 519. The van der Waals surface area contributed by atoms with Gasteiger partial charge in [0, 0.05) is 29.0 Å². The molecule has 0 saturated heterocycles. The molecule has 1 atom stereocenters. The van der Waals surface area contributed by atoms with E-state index in [9.17, 15) is 0 Å². The molecule has 2 nitrogen and oxygen atoms in total. The van der Waals surface area contributed by atoms with Crippen molar-refractivity contribution < 1.29 is 0 Å². The van der Waals surface area contributed by atoms with Crippen LogP contribution in [0.3, 0.4) is 0 Å². The lowest BCUT2D eigenvalue weighted by molar-refractivity contribution is 0.534. The Balaban J connectivity index is 2.14. The van der Waals surface area contributed by atoms with Crippen molar-refractivity contribution in [1.82, 2.24) is 9.88 Å². The summed E-state index contributed by atoms with van der Waals surface area (Å²) in [7, 11) is 0. The van der Waals surface area contributed by atoms with E-state index in [1.807, 2.05) is 0 Å². The molecule has 1 N–H and O–H groups in total. The quantitative estimate of drug-likeness (QED) is 0.836. The number of hydrogen-bond acceptors (Lipinski definition) is 1. The lowest BCUT2D eigenvalue weighted by Gasteiger charge is -2.17. The molecule has 19 heavy (non-hydrogen) atoms. The fourth-order valence-electron chi connectivity index (χ4n) is 2.24. The Hall–Kier alpha value is -1.06. The summed E-state index contributed by atoms with van der Waals surface area (Å²) in [5.41, 5.74) is 2.65. The van der Waals surface area contributed by atoms with Crippen molar-refractivity contribution in [2.75, 3.05) is 6.54 Å². The second-order valence-corrected chi connectivity index (χ2v) is 5.68. The molecular formula is C16H21BrN2. The molecule has 0 spiro atoms. The van der Waals surface area contributed by atoms with Crippen LogP contribution >= 0.6 is 15.9 Å². The molecule has 0 aliphatic carbocycles. The van der Waals surface area contributed by atoms with E-state index in [1.165, 1.54) is 15.7 Å². The number of rotatable bonds is 6. The van der Waals surface area contributed by atoms with Gasteiger partial charge in [0.1, 0.15) is 0 Å². The van der Waals surface area contributed by atoms with E-state index < -0.39 is 0 Å². The highest BCUT2D eigenvalue weighted by molar-refractivity contribution is 9.10. The molecule has 1 aromatic heterocycles. The maximum absolute atomic E-state index is 3.62. The van der Waals surface area contributed by atoms with Gasteiger partial charge in [-0.1, -0.05) is 41.1 Å². The minimum absolute atomic E-state index is 0.387. The molecule has 1 aromatic carbocycles. The highest BCUT2D eigenvalue weighted by Gasteiger charge is 2.10. The van der Waals surface area contributed by atoms with Gasteiger partial charge >= 0.3 is 0 Å². The van der Waals surface area contributed by atoms with Crippen molar-refractivity contribution in [3.63, 3.8) is 0 Å². The first-order valence-corrected chi connectivity index (χ1v) is 7.63. The second kappa shape index (κ2) is 6.92. The van der Waals surface area contributed by atoms with Crippen LogP contribution in [0.5, 0.6) is 0 Å². The summed E-state index contributed by atoms with van der Waals surface area (Å²) < 4.78 is 3.48. The molecule has 0 fully saturated rings. The molecular weight excluding hydrogens is 300 g/mol. The van der Waals surface area contributed by atoms with E-state index in [1.54, 1.807) is 0 Å². The standard InChI is InChI=1S/C16H21BrN2/c1-3-10-18-13(2)16-9-6-11-19(16)12-14-7-4-5-8-15(14)17/h4-9,11,13,18H,3,10,12H2,1-2H3. The molecule has 0 amide bonds. The van der Waals surface area contributed by atoms with E-state index >= 15 is 0 Å². The third-order valence-corrected chi connectivity index (χ3v) is 4.08. The highest BCUT2D eigenvalue weighted by Crippen LogP contribution is 2.20. The van der Waals surface area contributed by atoms with Gasteiger partial charge in [-0.2, -0.15) is 0 Å². The molecule has 1 heterocycles. The molecule has 2 aromatic rings. The van der Waals surface area contributed by atoms with Crippen LogP contribution in [0.4, 0.5) is 0 Å². The summed E-state index contributed by atoms with van der Waals surface area (Å²) in [5.74, 6) is 0. The average Bonchev–Trinajstić information content (AvgIpc) is 2.87. The first-order chi connectivity index (χ1) is 9.22. The third-order valence-electron chi connectivity index (χ3n) is 3.31. The van der Waals surface area contributed by atoms with Gasteiger partial charge in [-0.25, -0.2) is 0 Å². The Morgan fingerprint density at radius 3 is 2.74 bits per heavy atom. The van der Waals surface area contributed by atoms with Crippen LogP contribution in [-0.2, 0) is 6.54 Å². The fraction of sp³-hybridized carbons (Fsp3) is 0.375. The topological polar surface area (TPSA) is 17.0 Å². The predicted molar refractivity (Wildman–Crippen MR) is 84.4 cm³/mol. The van der Waals surface area contributed by atoms with Crippen molar-refractivity contribution in [3.8, 4) is 0 Å². The first-order valence-electron chi connectivity index (χ1n) is 6.84. The molecule has 0 radical (unpaired) electrons. The zero-order valence-electron chi connectivity index (χ0n) is 11.6. The predicted octanol–water partition coefficient (Wildman–Crippen LogP) is 4.36. The number of aromatic nitrogens is 1. The van der Waals surface area contributed by atoms with Crippen LogP contribution in [0, 0.1) is 0 Å². The number of benzene rings is 1. The van der Waals surface area contributed by atoms with Gasteiger partial charge in [0.2, 0.25) is 0 Å². The van der Waals surface area contributed by atoms with Crippen molar-refractivity contribution in [2.24, 2.45) is 0 Å². The van der Waals surface area contributed by atoms with E-state index in [-0.39, 0.29) is 0 Å². The average molecular weight is 321 g/mol. The number of hydrogen-bond donors (Lipinski definition) is 1. The normalized spacial score (nSPS) is 12.6. The van der Waals surface area contributed by atoms with Gasteiger partial charge in [0.25, 0.3) is 0 Å². The zero-order chi connectivity index (χ0) is 13.7. The number of halogens is 1. The van der Waals surface area contributed by atoms with Crippen LogP contribution in [0.1, 0.15) is 37.6 Å². The largest absolute Gasteiger partial charge is 0.346 e. The summed E-state index contributed by atoms with van der Waals surface area (Å²) >= 11 is 3.62. The zero-order valence-corrected chi connectivity index (χ0v) is 13.2. The van der Waals surface area contributed by atoms with Crippen molar-refractivity contribution in [2.45, 2.75) is 32.9 Å². The van der Waals surface area contributed by atoms with Crippen molar-refractivity contribution >= 4 is 15.9 Å². The maximum Gasteiger partial charge on any atom is 0.0484 e. The van der Waals surface area contributed by atoms with Gasteiger partial charge in [-0.05, 0) is 43.7 Å². The van der Waals surface area contributed by atoms with Crippen molar-refractivity contribution in [3.05, 3.63) is 58.3 Å². The summed E-state index contributed by atoms with van der Waals surface area (Å²) in [6.45, 7) is 6.38. The van der Waals surface area contributed by atoms with Crippen LogP contribution < -0.4 is 5.32 Å². The summed E-state index contributed by atoms with van der Waals surface area (Å²) in [5, 5.41) is 3.54. The smallest absolute Gasteiger partial charge is 0.0484 e. The SMILES string of the molecule is CCCNC(C)c1cccn1Cc1ccccc1Br. The lowest BCUT2D eigenvalue weighted by Crippen LogP contribution is -2.22. The highest BCUT2D eigenvalue weighted by atomic mass is 79.9. The first kappa shape index (κ1) is 14.4. The van der Waals surface area contributed by atoms with Crippen LogP contribution in [0.15, 0.2) is 47.1 Å². The molecule has 3 heteroatoms. The number of nitrogens with one attached hydrogen (secondary N) is 1. The lowest BCUT2D eigenvalue weighted by atomic mass is 10.2. The Morgan fingerprint density at radius 1 is 1.21 bits per heavy atom. The van der Waals surface area contributed by atoms with Gasteiger partial charge in [0.05, 0.1) is 0 Å².